The summed E-state index contributed by atoms with van der Waals surface area (Å²) in [4.78, 5) is 22.5. The molecule has 0 saturated carbocycles. The minimum absolute atomic E-state index is 0.149. The van der Waals surface area contributed by atoms with Gasteiger partial charge >= 0.3 is 0 Å². The smallest absolute Gasteiger partial charge is 0.226 e. The van der Waals surface area contributed by atoms with E-state index in [0.717, 1.165) is 5.75 Å². The second-order valence-corrected chi connectivity index (χ2v) is 5.31. The van der Waals surface area contributed by atoms with Gasteiger partial charge in [-0.3, -0.25) is 9.59 Å². The third-order valence-electron chi connectivity index (χ3n) is 3.23. The van der Waals surface area contributed by atoms with Crippen molar-refractivity contribution in [2.24, 2.45) is 0 Å². The molecule has 0 aromatic heterocycles. The van der Waals surface area contributed by atoms with Gasteiger partial charge in [0.15, 0.2) is 0 Å². The average molecular weight is 342 g/mol. The number of amides is 2. The normalized spacial score (nSPS) is 10.0. The van der Waals surface area contributed by atoms with Gasteiger partial charge in [-0.05, 0) is 55.5 Å². The monoisotopic (exact) mass is 342 g/mol. The molecule has 2 aromatic carbocycles. The Bertz CT molecular complexity index is 696. The van der Waals surface area contributed by atoms with E-state index in [4.69, 9.17) is 9.47 Å². The molecule has 2 N–H and O–H groups in total. The molecule has 0 heterocycles. The molecule has 0 aliphatic heterocycles. The lowest BCUT2D eigenvalue weighted by molar-refractivity contribution is -0.119. The highest BCUT2D eigenvalue weighted by molar-refractivity contribution is 5.91. The molecule has 2 amide bonds. The van der Waals surface area contributed by atoms with Crippen molar-refractivity contribution in [3.8, 4) is 17.2 Å². The first-order valence-electron chi connectivity index (χ1n) is 8.12. The van der Waals surface area contributed by atoms with Gasteiger partial charge in [0.1, 0.15) is 17.2 Å². The largest absolute Gasteiger partial charge is 0.494 e. The maximum absolute atomic E-state index is 11.7. The molecule has 0 radical (unpaired) electrons. The van der Waals surface area contributed by atoms with Crippen molar-refractivity contribution >= 4 is 17.5 Å². The first-order chi connectivity index (χ1) is 12.1. The number of nitrogens with one attached hydrogen (secondary N) is 2. The van der Waals surface area contributed by atoms with Crippen LogP contribution in [0.4, 0.5) is 5.69 Å². The van der Waals surface area contributed by atoms with Crippen molar-refractivity contribution in [3.05, 3.63) is 48.5 Å². The molecule has 0 unspecified atom stereocenters. The second kappa shape index (κ2) is 9.32. The lowest BCUT2D eigenvalue weighted by atomic mass is 10.2. The molecule has 0 saturated heterocycles. The maximum Gasteiger partial charge on any atom is 0.226 e. The lowest BCUT2D eigenvalue weighted by Crippen LogP contribution is -2.25. The van der Waals surface area contributed by atoms with Gasteiger partial charge < -0.3 is 20.1 Å². The summed E-state index contributed by atoms with van der Waals surface area (Å²) in [6.07, 6.45) is 0.226. The highest BCUT2D eigenvalue weighted by atomic mass is 16.5. The first-order valence-corrected chi connectivity index (χ1v) is 8.12. The Kier molecular flexibility index (Phi) is 6.83. The zero-order valence-electron chi connectivity index (χ0n) is 14.4. The summed E-state index contributed by atoms with van der Waals surface area (Å²) in [6.45, 7) is 4.30. The van der Waals surface area contributed by atoms with Crippen LogP contribution in [0.25, 0.3) is 0 Å². The topological polar surface area (TPSA) is 76.7 Å². The third-order valence-corrected chi connectivity index (χ3v) is 3.23. The van der Waals surface area contributed by atoms with Crippen LogP contribution in [-0.4, -0.2) is 25.0 Å². The summed E-state index contributed by atoms with van der Waals surface area (Å²) in [6, 6.07) is 14.5. The molecule has 132 valence electrons. The fraction of sp³-hybridized carbons (Fsp3) is 0.263. The summed E-state index contributed by atoms with van der Waals surface area (Å²) in [5.41, 5.74) is 0.673. The number of anilines is 1. The molecule has 0 atom stereocenters. The zero-order valence-corrected chi connectivity index (χ0v) is 14.4. The van der Waals surface area contributed by atoms with Gasteiger partial charge in [-0.2, -0.15) is 0 Å². The molecule has 6 heteroatoms. The molecular formula is C19H22N2O4. The third kappa shape index (κ3) is 6.55. The maximum atomic E-state index is 11.7. The van der Waals surface area contributed by atoms with Gasteiger partial charge in [0.2, 0.25) is 11.8 Å². The number of benzene rings is 2. The molecule has 0 aliphatic rings. The Balaban J connectivity index is 1.84. The Morgan fingerprint density at radius 1 is 0.920 bits per heavy atom. The molecule has 0 bridgehead atoms. The van der Waals surface area contributed by atoms with Crippen molar-refractivity contribution in [2.75, 3.05) is 18.5 Å². The molecule has 2 rings (SSSR count). The number of ether oxygens (including phenoxy) is 2. The molecule has 25 heavy (non-hydrogen) atoms. The van der Waals surface area contributed by atoms with E-state index in [9.17, 15) is 9.59 Å². The Hall–Kier alpha value is -3.02. The van der Waals surface area contributed by atoms with Crippen molar-refractivity contribution in [2.45, 2.75) is 20.3 Å². The number of rotatable bonds is 8. The Morgan fingerprint density at radius 3 is 2.04 bits per heavy atom. The fourth-order valence-electron chi connectivity index (χ4n) is 2.09. The van der Waals surface area contributed by atoms with E-state index in [1.807, 2.05) is 31.2 Å². The van der Waals surface area contributed by atoms with Crippen LogP contribution in [-0.2, 0) is 9.59 Å². The van der Waals surface area contributed by atoms with E-state index >= 15 is 0 Å². The van der Waals surface area contributed by atoms with Crippen molar-refractivity contribution in [1.82, 2.24) is 5.32 Å². The molecule has 6 nitrogen and oxygen atoms in total. The molecule has 0 fully saturated rings. The van der Waals surface area contributed by atoms with Gasteiger partial charge in [0.25, 0.3) is 0 Å². The summed E-state index contributed by atoms with van der Waals surface area (Å²) in [7, 11) is 0. The van der Waals surface area contributed by atoms with Crippen LogP contribution in [0.2, 0.25) is 0 Å². The highest BCUT2D eigenvalue weighted by Gasteiger charge is 2.04. The van der Waals surface area contributed by atoms with Gasteiger partial charge in [-0.1, -0.05) is 0 Å². The van der Waals surface area contributed by atoms with Crippen LogP contribution in [0, 0.1) is 0 Å². The Labute approximate surface area is 147 Å². The predicted octanol–water partition coefficient (Wildman–Crippen LogP) is 3.34. The summed E-state index contributed by atoms with van der Waals surface area (Å²) >= 11 is 0. The van der Waals surface area contributed by atoms with Crippen LogP contribution in [0.3, 0.4) is 0 Å². The number of hydrogen-bond donors (Lipinski definition) is 2. The number of carbonyl (C=O) groups excluding carboxylic acids is 2. The summed E-state index contributed by atoms with van der Waals surface area (Å²) < 4.78 is 11.1. The number of carbonyl (C=O) groups is 2. The minimum Gasteiger partial charge on any atom is -0.494 e. The van der Waals surface area contributed by atoms with Crippen molar-refractivity contribution < 1.29 is 19.1 Å². The van der Waals surface area contributed by atoms with Gasteiger partial charge in [0.05, 0.1) is 6.61 Å². The van der Waals surface area contributed by atoms with Crippen molar-refractivity contribution in [3.63, 3.8) is 0 Å². The lowest BCUT2D eigenvalue weighted by Gasteiger charge is -2.09. The zero-order chi connectivity index (χ0) is 18.1. The van der Waals surface area contributed by atoms with E-state index in [-0.39, 0.29) is 18.2 Å². The molecular weight excluding hydrogens is 320 g/mol. The molecule has 2 aromatic rings. The standard InChI is InChI=1S/C19H22N2O4/c1-3-24-16-8-10-18(11-9-16)25-17-6-4-15(5-7-17)21-19(23)12-13-20-14(2)22/h4-11H,3,12-13H2,1-2H3,(H,20,22)(H,21,23). The average Bonchev–Trinajstić information content (AvgIpc) is 2.58. The van der Waals surface area contributed by atoms with Crippen LogP contribution < -0.4 is 20.1 Å². The summed E-state index contributed by atoms with van der Waals surface area (Å²) in [5, 5.41) is 5.35. The van der Waals surface area contributed by atoms with Crippen LogP contribution in [0.1, 0.15) is 20.3 Å². The van der Waals surface area contributed by atoms with Crippen LogP contribution in [0.5, 0.6) is 17.2 Å². The summed E-state index contributed by atoms with van der Waals surface area (Å²) in [5.74, 6) is 1.86. The first kappa shape index (κ1) is 18.3. The Morgan fingerprint density at radius 2 is 1.48 bits per heavy atom. The van der Waals surface area contributed by atoms with Crippen LogP contribution in [0.15, 0.2) is 48.5 Å². The fourth-order valence-corrected chi connectivity index (χ4v) is 2.09. The van der Waals surface area contributed by atoms with Gasteiger partial charge in [-0.15, -0.1) is 0 Å². The van der Waals surface area contributed by atoms with E-state index in [1.54, 1.807) is 24.3 Å². The van der Waals surface area contributed by atoms with Crippen LogP contribution >= 0.6 is 0 Å². The minimum atomic E-state index is -0.158. The van der Waals surface area contributed by atoms with Gasteiger partial charge in [-0.25, -0.2) is 0 Å². The van der Waals surface area contributed by atoms with Gasteiger partial charge in [0, 0.05) is 25.6 Å². The molecule has 0 aliphatic carbocycles. The van der Waals surface area contributed by atoms with Crippen molar-refractivity contribution in [1.29, 1.82) is 0 Å². The van der Waals surface area contributed by atoms with E-state index in [0.29, 0.717) is 30.3 Å². The molecule has 0 spiro atoms. The quantitative estimate of drug-likeness (QED) is 0.771. The number of hydrogen-bond acceptors (Lipinski definition) is 4. The SMILES string of the molecule is CCOc1ccc(Oc2ccc(NC(=O)CCNC(C)=O)cc2)cc1. The van der Waals surface area contributed by atoms with E-state index in [2.05, 4.69) is 10.6 Å². The highest BCUT2D eigenvalue weighted by Crippen LogP contribution is 2.25. The predicted molar refractivity (Wildman–Crippen MR) is 96.1 cm³/mol. The van der Waals surface area contributed by atoms with E-state index in [1.165, 1.54) is 6.92 Å². The van der Waals surface area contributed by atoms with E-state index < -0.39 is 0 Å². The second-order valence-electron chi connectivity index (χ2n) is 5.31.